The van der Waals surface area contributed by atoms with Gasteiger partial charge in [-0.05, 0) is 55.3 Å². The van der Waals surface area contributed by atoms with Crippen molar-refractivity contribution < 1.29 is 18.7 Å². The highest BCUT2D eigenvalue weighted by Gasteiger charge is 2.13. The Hall–Kier alpha value is -3.85. The molecular weight excluding hydrogens is 425 g/mol. The summed E-state index contributed by atoms with van der Waals surface area (Å²) in [6, 6.07) is 13.2. The van der Waals surface area contributed by atoms with Crippen molar-refractivity contribution in [1.29, 1.82) is 0 Å². The molecule has 4 aromatic rings. The third kappa shape index (κ3) is 5.69. The van der Waals surface area contributed by atoms with E-state index in [2.05, 4.69) is 20.7 Å². The fourth-order valence-electron chi connectivity index (χ4n) is 3.38. The van der Waals surface area contributed by atoms with Gasteiger partial charge in [0.25, 0.3) is 5.91 Å². The van der Waals surface area contributed by atoms with E-state index in [0.717, 1.165) is 29.5 Å². The monoisotopic (exact) mass is 449 g/mol. The van der Waals surface area contributed by atoms with Crippen molar-refractivity contribution in [3.8, 4) is 17.0 Å². The number of carbonyl (C=O) groups excluding carboxylic acids is 1. The molecule has 170 valence electrons. The van der Waals surface area contributed by atoms with Crippen LogP contribution in [0.4, 0.5) is 4.39 Å². The van der Waals surface area contributed by atoms with E-state index >= 15 is 0 Å². The van der Waals surface area contributed by atoms with Gasteiger partial charge >= 0.3 is 0 Å². The predicted molar refractivity (Wildman–Crippen MR) is 122 cm³/mol. The Morgan fingerprint density at radius 1 is 1.12 bits per heavy atom. The maximum atomic E-state index is 13.4. The van der Waals surface area contributed by atoms with E-state index in [1.807, 2.05) is 12.1 Å². The first-order valence-electron chi connectivity index (χ1n) is 10.6. The maximum Gasteiger partial charge on any atom is 0.251 e. The zero-order chi connectivity index (χ0) is 23.0. The molecule has 2 aromatic heterocycles. The molecule has 0 bridgehead atoms. The van der Waals surface area contributed by atoms with E-state index in [4.69, 9.17) is 14.5 Å². The van der Waals surface area contributed by atoms with Gasteiger partial charge in [0.05, 0.1) is 29.7 Å². The molecule has 0 aliphatic rings. The summed E-state index contributed by atoms with van der Waals surface area (Å²) in [4.78, 5) is 17.4. The number of aryl methyl sites for hydroxylation is 1. The fraction of sp³-hybridized carbons (Fsp3) is 0.250. The van der Waals surface area contributed by atoms with Crippen LogP contribution in [0, 0.1) is 5.82 Å². The standard InChI is InChI=1S/C24H24FN5O3/c1-32-11-12-33-23-14-21(16-4-7-18(25)8-5-16)28-22-13-17(6-9-20(22)23)24(31)26-10-2-3-19-15-27-30-29-19/h4-9,13-15H,2-3,10-12H2,1H3,(H,26,31)(H,27,29,30). The second-order valence-electron chi connectivity index (χ2n) is 7.41. The molecule has 0 unspecified atom stereocenters. The van der Waals surface area contributed by atoms with Gasteiger partial charge in [0, 0.05) is 36.2 Å². The third-order valence-electron chi connectivity index (χ3n) is 5.08. The highest BCUT2D eigenvalue weighted by Crippen LogP contribution is 2.31. The summed E-state index contributed by atoms with van der Waals surface area (Å²) in [6.45, 7) is 1.31. The lowest BCUT2D eigenvalue weighted by molar-refractivity contribution is 0.0953. The first-order valence-corrected chi connectivity index (χ1v) is 10.6. The molecule has 0 aliphatic carbocycles. The Balaban J connectivity index is 1.56. The number of nitrogens with one attached hydrogen (secondary N) is 2. The van der Waals surface area contributed by atoms with Crippen molar-refractivity contribution in [3.05, 3.63) is 71.8 Å². The van der Waals surface area contributed by atoms with Gasteiger partial charge in [-0.3, -0.25) is 4.79 Å². The van der Waals surface area contributed by atoms with Crippen LogP contribution in [-0.4, -0.2) is 53.2 Å². The number of hydrogen-bond donors (Lipinski definition) is 2. The number of carbonyl (C=O) groups is 1. The zero-order valence-electron chi connectivity index (χ0n) is 18.2. The number of nitrogens with zero attached hydrogens (tertiary/aromatic N) is 3. The van der Waals surface area contributed by atoms with Crippen LogP contribution in [0.3, 0.4) is 0 Å². The molecule has 0 radical (unpaired) electrons. The van der Waals surface area contributed by atoms with Gasteiger partial charge in [-0.2, -0.15) is 15.4 Å². The van der Waals surface area contributed by atoms with Crippen molar-refractivity contribution in [3.63, 3.8) is 0 Å². The predicted octanol–water partition coefficient (Wildman–Crippen LogP) is 3.55. The Morgan fingerprint density at radius 3 is 2.73 bits per heavy atom. The van der Waals surface area contributed by atoms with E-state index in [1.165, 1.54) is 12.1 Å². The normalized spacial score (nSPS) is 11.0. The summed E-state index contributed by atoms with van der Waals surface area (Å²) in [5, 5.41) is 14.0. The highest BCUT2D eigenvalue weighted by molar-refractivity contribution is 5.99. The van der Waals surface area contributed by atoms with Crippen LogP contribution in [-0.2, 0) is 11.2 Å². The number of pyridine rings is 1. The Labute approximate surface area is 190 Å². The molecule has 1 amide bonds. The molecule has 0 saturated heterocycles. The summed E-state index contributed by atoms with van der Waals surface area (Å²) < 4.78 is 24.4. The second kappa shape index (κ2) is 10.6. The Kier molecular flexibility index (Phi) is 7.21. The molecule has 0 atom stereocenters. The molecular formula is C24H24FN5O3. The van der Waals surface area contributed by atoms with Crippen molar-refractivity contribution >= 4 is 16.8 Å². The molecule has 0 saturated carbocycles. The van der Waals surface area contributed by atoms with Crippen molar-refractivity contribution in [1.82, 2.24) is 25.7 Å². The van der Waals surface area contributed by atoms with E-state index in [1.54, 1.807) is 37.6 Å². The summed E-state index contributed by atoms with van der Waals surface area (Å²) in [5.41, 5.74) is 3.33. The lowest BCUT2D eigenvalue weighted by Gasteiger charge is -2.13. The minimum Gasteiger partial charge on any atom is -0.490 e. The zero-order valence-corrected chi connectivity index (χ0v) is 18.2. The molecule has 0 aliphatic heterocycles. The van der Waals surface area contributed by atoms with E-state index in [9.17, 15) is 9.18 Å². The smallest absolute Gasteiger partial charge is 0.251 e. The number of fused-ring (bicyclic) bond motifs is 1. The average molecular weight is 449 g/mol. The van der Waals surface area contributed by atoms with E-state index in [-0.39, 0.29) is 11.7 Å². The number of benzene rings is 2. The minimum absolute atomic E-state index is 0.187. The molecule has 2 aromatic carbocycles. The fourth-order valence-corrected chi connectivity index (χ4v) is 3.38. The molecule has 0 fully saturated rings. The van der Waals surface area contributed by atoms with Crippen molar-refractivity contribution in [2.24, 2.45) is 0 Å². The number of H-pyrrole nitrogens is 1. The van der Waals surface area contributed by atoms with Crippen LogP contribution in [0.25, 0.3) is 22.2 Å². The molecule has 4 rings (SSSR count). The Bertz CT molecular complexity index is 1210. The van der Waals surface area contributed by atoms with Crippen LogP contribution in [0.1, 0.15) is 22.5 Å². The molecule has 9 heteroatoms. The van der Waals surface area contributed by atoms with Crippen LogP contribution in [0.5, 0.6) is 5.75 Å². The number of rotatable bonds is 10. The summed E-state index contributed by atoms with van der Waals surface area (Å²) >= 11 is 0. The third-order valence-corrected chi connectivity index (χ3v) is 5.08. The number of ether oxygens (including phenoxy) is 2. The second-order valence-corrected chi connectivity index (χ2v) is 7.41. The van der Waals surface area contributed by atoms with Crippen LogP contribution in [0.15, 0.2) is 54.7 Å². The van der Waals surface area contributed by atoms with Crippen LogP contribution in [0.2, 0.25) is 0 Å². The number of aromatic amines is 1. The SMILES string of the molecule is COCCOc1cc(-c2ccc(F)cc2)nc2cc(C(=O)NCCCc3cn[nH]n3)ccc12. The summed E-state index contributed by atoms with van der Waals surface area (Å²) in [7, 11) is 1.61. The number of halogens is 1. The molecule has 33 heavy (non-hydrogen) atoms. The largest absolute Gasteiger partial charge is 0.490 e. The molecule has 2 heterocycles. The number of aromatic nitrogens is 4. The molecule has 8 nitrogen and oxygen atoms in total. The summed E-state index contributed by atoms with van der Waals surface area (Å²) in [5.74, 6) is 0.113. The molecule has 2 N–H and O–H groups in total. The topological polar surface area (TPSA) is 102 Å². The van der Waals surface area contributed by atoms with Gasteiger partial charge in [-0.15, -0.1) is 0 Å². The summed E-state index contributed by atoms with van der Waals surface area (Å²) in [6.07, 6.45) is 3.14. The number of methoxy groups -OCH3 is 1. The van der Waals surface area contributed by atoms with Crippen LogP contribution >= 0.6 is 0 Å². The van der Waals surface area contributed by atoms with Gasteiger partial charge in [0.1, 0.15) is 18.2 Å². The Morgan fingerprint density at radius 2 is 1.97 bits per heavy atom. The van der Waals surface area contributed by atoms with E-state index in [0.29, 0.717) is 42.3 Å². The van der Waals surface area contributed by atoms with Crippen molar-refractivity contribution in [2.45, 2.75) is 12.8 Å². The highest BCUT2D eigenvalue weighted by atomic mass is 19.1. The number of amides is 1. The first kappa shape index (κ1) is 22.3. The minimum atomic E-state index is -0.321. The number of hydrogen-bond acceptors (Lipinski definition) is 6. The van der Waals surface area contributed by atoms with Crippen LogP contribution < -0.4 is 10.1 Å². The quantitative estimate of drug-likeness (QED) is 0.359. The van der Waals surface area contributed by atoms with Gasteiger partial charge < -0.3 is 14.8 Å². The average Bonchev–Trinajstić information content (AvgIpc) is 3.35. The lowest BCUT2D eigenvalue weighted by atomic mass is 10.1. The van der Waals surface area contributed by atoms with Gasteiger partial charge in [-0.25, -0.2) is 9.37 Å². The van der Waals surface area contributed by atoms with Crippen molar-refractivity contribution in [2.75, 3.05) is 26.9 Å². The molecule has 0 spiro atoms. The first-order chi connectivity index (χ1) is 16.1. The maximum absolute atomic E-state index is 13.4. The van der Waals surface area contributed by atoms with E-state index < -0.39 is 0 Å². The van der Waals surface area contributed by atoms with Gasteiger partial charge in [-0.1, -0.05) is 0 Å². The lowest BCUT2D eigenvalue weighted by Crippen LogP contribution is -2.24. The van der Waals surface area contributed by atoms with Gasteiger partial charge in [0.15, 0.2) is 0 Å². The van der Waals surface area contributed by atoms with Gasteiger partial charge in [0.2, 0.25) is 0 Å².